The lowest BCUT2D eigenvalue weighted by atomic mass is 9.91. The molecule has 1 aliphatic carbocycles. The molecule has 3 aromatic heterocycles. The molecule has 4 rings (SSSR count). The third kappa shape index (κ3) is 4.29. The van der Waals surface area contributed by atoms with Gasteiger partial charge in [0.05, 0.1) is 18.1 Å². The molecule has 0 radical (unpaired) electrons. The van der Waals surface area contributed by atoms with Crippen LogP contribution in [0.15, 0.2) is 36.7 Å². The van der Waals surface area contributed by atoms with Crippen molar-refractivity contribution in [3.63, 3.8) is 0 Å². The summed E-state index contributed by atoms with van der Waals surface area (Å²) in [5, 5.41) is 22.2. The predicted molar refractivity (Wildman–Crippen MR) is 107 cm³/mol. The quantitative estimate of drug-likeness (QED) is 0.477. The summed E-state index contributed by atoms with van der Waals surface area (Å²) >= 11 is 0. The number of aromatic nitrogens is 6. The summed E-state index contributed by atoms with van der Waals surface area (Å²) in [5.74, 6) is 0.899. The highest BCUT2D eigenvalue weighted by Gasteiger charge is 2.23. The first-order valence-corrected chi connectivity index (χ1v) is 9.40. The standard InChI is InChI=1S/C18H22N10O/c19-11-4-1-2-5-12(11)22-15-10-13(17(18(20)29)26-25-15)23-14-6-3-7-16(24-14)28-9-8-21-27-28/h3,6-12H,1-2,4-5,19H2,(H2,20,29)(H2,22,23,24,25)/t11-,12+/m1/s1. The fourth-order valence-corrected chi connectivity index (χ4v) is 3.36. The number of carbonyl (C=O) groups is 1. The molecule has 1 saturated carbocycles. The van der Waals surface area contributed by atoms with Crippen LogP contribution < -0.4 is 22.1 Å². The zero-order valence-corrected chi connectivity index (χ0v) is 15.7. The number of nitrogens with two attached hydrogens (primary N) is 2. The Bertz CT molecular complexity index is 990. The number of nitrogens with one attached hydrogen (secondary N) is 2. The Hall–Kier alpha value is -3.60. The molecule has 1 aliphatic rings. The highest BCUT2D eigenvalue weighted by atomic mass is 16.1. The van der Waals surface area contributed by atoms with Crippen molar-refractivity contribution in [1.29, 1.82) is 0 Å². The highest BCUT2D eigenvalue weighted by Crippen LogP contribution is 2.24. The van der Waals surface area contributed by atoms with Gasteiger partial charge in [-0.2, -0.15) is 0 Å². The molecule has 0 saturated heterocycles. The van der Waals surface area contributed by atoms with Crippen molar-refractivity contribution in [1.82, 2.24) is 30.2 Å². The van der Waals surface area contributed by atoms with Gasteiger partial charge in [-0.3, -0.25) is 4.79 Å². The minimum absolute atomic E-state index is 0.0245. The van der Waals surface area contributed by atoms with Gasteiger partial charge in [0.25, 0.3) is 5.91 Å². The molecule has 0 unspecified atom stereocenters. The van der Waals surface area contributed by atoms with E-state index in [9.17, 15) is 4.79 Å². The number of amides is 1. The molecule has 3 heterocycles. The van der Waals surface area contributed by atoms with Crippen LogP contribution in [0.3, 0.4) is 0 Å². The van der Waals surface area contributed by atoms with E-state index in [1.807, 2.05) is 6.07 Å². The Morgan fingerprint density at radius 3 is 2.79 bits per heavy atom. The van der Waals surface area contributed by atoms with Crippen molar-refractivity contribution in [2.45, 2.75) is 37.8 Å². The second-order valence-corrected chi connectivity index (χ2v) is 6.91. The molecular weight excluding hydrogens is 372 g/mol. The molecule has 29 heavy (non-hydrogen) atoms. The van der Waals surface area contributed by atoms with Crippen molar-refractivity contribution in [2.24, 2.45) is 11.5 Å². The monoisotopic (exact) mass is 394 g/mol. The van der Waals surface area contributed by atoms with Crippen LogP contribution in [-0.4, -0.2) is 48.2 Å². The molecule has 11 nitrogen and oxygen atoms in total. The molecule has 150 valence electrons. The Morgan fingerprint density at radius 1 is 1.17 bits per heavy atom. The normalized spacial score (nSPS) is 18.9. The summed E-state index contributed by atoms with van der Waals surface area (Å²) < 4.78 is 1.53. The molecular formula is C18H22N10O. The number of carbonyl (C=O) groups excluding carboxylic acids is 1. The van der Waals surface area contributed by atoms with E-state index in [2.05, 4.69) is 36.1 Å². The van der Waals surface area contributed by atoms with Gasteiger partial charge in [0, 0.05) is 18.2 Å². The molecule has 1 amide bonds. The lowest BCUT2D eigenvalue weighted by Gasteiger charge is -2.29. The van der Waals surface area contributed by atoms with Crippen LogP contribution in [0.1, 0.15) is 36.2 Å². The summed E-state index contributed by atoms with van der Waals surface area (Å²) in [6, 6.07) is 7.22. The number of pyridine rings is 1. The van der Waals surface area contributed by atoms with Gasteiger partial charge in [0.15, 0.2) is 17.3 Å². The van der Waals surface area contributed by atoms with Gasteiger partial charge in [-0.15, -0.1) is 15.3 Å². The second-order valence-electron chi connectivity index (χ2n) is 6.91. The SMILES string of the molecule is NC(=O)c1nnc(N[C@H]2CCCC[C@H]2N)cc1Nc1cccc(-n2ccnn2)n1. The zero-order chi connectivity index (χ0) is 20.2. The first-order chi connectivity index (χ1) is 14.1. The fourth-order valence-electron chi connectivity index (χ4n) is 3.36. The largest absolute Gasteiger partial charge is 0.364 e. The van der Waals surface area contributed by atoms with E-state index in [-0.39, 0.29) is 17.8 Å². The molecule has 2 atom stereocenters. The Balaban J connectivity index is 1.60. The lowest BCUT2D eigenvalue weighted by molar-refractivity contribution is 0.0995. The maximum absolute atomic E-state index is 11.8. The molecule has 0 aliphatic heterocycles. The first kappa shape index (κ1) is 18.7. The maximum atomic E-state index is 11.8. The summed E-state index contributed by atoms with van der Waals surface area (Å²) in [6.07, 6.45) is 7.42. The molecule has 11 heteroatoms. The van der Waals surface area contributed by atoms with E-state index in [1.54, 1.807) is 30.6 Å². The summed E-state index contributed by atoms with van der Waals surface area (Å²) in [6.45, 7) is 0. The van der Waals surface area contributed by atoms with Crippen LogP contribution >= 0.6 is 0 Å². The molecule has 3 aromatic rings. The summed E-state index contributed by atoms with van der Waals surface area (Å²) in [4.78, 5) is 16.3. The van der Waals surface area contributed by atoms with E-state index in [0.717, 1.165) is 25.7 Å². The number of nitrogens with zero attached hydrogens (tertiary/aromatic N) is 6. The van der Waals surface area contributed by atoms with E-state index < -0.39 is 5.91 Å². The highest BCUT2D eigenvalue weighted by molar-refractivity contribution is 5.97. The lowest BCUT2D eigenvalue weighted by Crippen LogP contribution is -2.42. The van der Waals surface area contributed by atoms with Crippen LogP contribution in [0.2, 0.25) is 0 Å². The van der Waals surface area contributed by atoms with Gasteiger partial charge < -0.3 is 22.1 Å². The van der Waals surface area contributed by atoms with Crippen LogP contribution in [0.4, 0.5) is 17.3 Å². The van der Waals surface area contributed by atoms with Crippen molar-refractivity contribution in [2.75, 3.05) is 10.6 Å². The number of hydrogen-bond acceptors (Lipinski definition) is 9. The van der Waals surface area contributed by atoms with Crippen LogP contribution in [-0.2, 0) is 0 Å². The maximum Gasteiger partial charge on any atom is 0.271 e. The van der Waals surface area contributed by atoms with E-state index in [4.69, 9.17) is 11.5 Å². The predicted octanol–water partition coefficient (Wildman–Crippen LogP) is 0.977. The first-order valence-electron chi connectivity index (χ1n) is 9.40. The number of rotatable bonds is 6. The van der Waals surface area contributed by atoms with Gasteiger partial charge in [-0.05, 0) is 25.0 Å². The van der Waals surface area contributed by atoms with Gasteiger partial charge in [-0.1, -0.05) is 24.1 Å². The molecule has 0 spiro atoms. The topological polar surface area (TPSA) is 163 Å². The third-order valence-corrected chi connectivity index (χ3v) is 4.83. The van der Waals surface area contributed by atoms with Crippen LogP contribution in [0.25, 0.3) is 5.82 Å². The van der Waals surface area contributed by atoms with Gasteiger partial charge >= 0.3 is 0 Å². The minimum atomic E-state index is -0.687. The van der Waals surface area contributed by atoms with E-state index in [1.165, 1.54) is 4.68 Å². The summed E-state index contributed by atoms with van der Waals surface area (Å²) in [5.41, 5.74) is 12.1. The number of primary amides is 1. The minimum Gasteiger partial charge on any atom is -0.364 e. The summed E-state index contributed by atoms with van der Waals surface area (Å²) in [7, 11) is 0. The van der Waals surface area contributed by atoms with Gasteiger partial charge in [-0.25, -0.2) is 9.67 Å². The van der Waals surface area contributed by atoms with Crippen molar-refractivity contribution < 1.29 is 4.79 Å². The number of anilines is 3. The average molecular weight is 394 g/mol. The second kappa shape index (κ2) is 8.19. The molecule has 0 bridgehead atoms. The van der Waals surface area contributed by atoms with E-state index in [0.29, 0.717) is 23.1 Å². The van der Waals surface area contributed by atoms with E-state index >= 15 is 0 Å². The smallest absolute Gasteiger partial charge is 0.271 e. The van der Waals surface area contributed by atoms with Crippen molar-refractivity contribution in [3.05, 3.63) is 42.4 Å². The number of hydrogen-bond donors (Lipinski definition) is 4. The van der Waals surface area contributed by atoms with Crippen LogP contribution in [0.5, 0.6) is 0 Å². The average Bonchev–Trinajstić information content (AvgIpc) is 3.25. The Labute approximate surface area is 166 Å². The van der Waals surface area contributed by atoms with Gasteiger partial charge in [0.2, 0.25) is 0 Å². The molecule has 0 aromatic carbocycles. The Morgan fingerprint density at radius 2 is 2.03 bits per heavy atom. The molecule has 1 fully saturated rings. The van der Waals surface area contributed by atoms with Crippen LogP contribution in [0, 0.1) is 0 Å². The van der Waals surface area contributed by atoms with Gasteiger partial charge in [0.1, 0.15) is 5.82 Å². The fraction of sp³-hybridized carbons (Fsp3) is 0.333. The molecule has 6 N–H and O–H groups in total. The third-order valence-electron chi connectivity index (χ3n) is 4.83. The van der Waals surface area contributed by atoms with Crippen molar-refractivity contribution >= 4 is 23.2 Å². The van der Waals surface area contributed by atoms with Crippen molar-refractivity contribution in [3.8, 4) is 5.82 Å². The zero-order valence-electron chi connectivity index (χ0n) is 15.7. The Kier molecular flexibility index (Phi) is 5.29.